The zero-order chi connectivity index (χ0) is 20.5. The SMILES string of the molecule is Cc1ccc(C2=NN(C(=O)Cn3nnc(-c4ccsc4)n3)C(c3ccco3)C2)cc1. The zero-order valence-electron chi connectivity index (χ0n) is 16.2. The Balaban J connectivity index is 1.40. The lowest BCUT2D eigenvalue weighted by Crippen LogP contribution is -2.31. The summed E-state index contributed by atoms with van der Waals surface area (Å²) in [6, 6.07) is 13.4. The average Bonchev–Trinajstić information content (AvgIpc) is 3.55. The normalized spacial score (nSPS) is 16.1. The number of amides is 1. The Kier molecular flexibility index (Phi) is 4.72. The first-order chi connectivity index (χ1) is 14.7. The molecule has 0 N–H and O–H groups in total. The van der Waals surface area contributed by atoms with Gasteiger partial charge in [0.15, 0.2) is 0 Å². The first-order valence-corrected chi connectivity index (χ1v) is 10.4. The molecule has 0 radical (unpaired) electrons. The molecule has 0 fully saturated rings. The second-order valence-electron chi connectivity index (χ2n) is 7.04. The van der Waals surface area contributed by atoms with Crippen LogP contribution in [0.1, 0.15) is 29.3 Å². The van der Waals surface area contributed by atoms with Crippen molar-refractivity contribution in [2.75, 3.05) is 0 Å². The molecule has 1 aliphatic rings. The van der Waals surface area contributed by atoms with Crippen molar-refractivity contribution in [2.45, 2.75) is 25.9 Å². The quantitative estimate of drug-likeness (QED) is 0.493. The van der Waals surface area contributed by atoms with Gasteiger partial charge in [-0.05, 0) is 41.3 Å². The Bertz CT molecular complexity index is 1180. The number of benzene rings is 1. The number of rotatable bonds is 5. The molecule has 1 aromatic carbocycles. The van der Waals surface area contributed by atoms with E-state index in [4.69, 9.17) is 4.42 Å². The van der Waals surface area contributed by atoms with E-state index in [0.29, 0.717) is 18.0 Å². The lowest BCUT2D eigenvalue weighted by Gasteiger charge is -2.19. The van der Waals surface area contributed by atoms with Crippen molar-refractivity contribution in [2.24, 2.45) is 5.10 Å². The number of carbonyl (C=O) groups excluding carboxylic acids is 1. The molecule has 0 bridgehead atoms. The van der Waals surface area contributed by atoms with Crippen molar-refractivity contribution in [3.05, 3.63) is 76.4 Å². The number of hydrogen-bond donors (Lipinski definition) is 0. The number of nitrogens with zero attached hydrogens (tertiary/aromatic N) is 6. The van der Waals surface area contributed by atoms with E-state index >= 15 is 0 Å². The third-order valence-corrected chi connectivity index (χ3v) is 5.61. The molecular formula is C21H18N6O2S. The van der Waals surface area contributed by atoms with Crippen LogP contribution in [0.25, 0.3) is 11.4 Å². The third kappa shape index (κ3) is 3.55. The molecule has 1 unspecified atom stereocenters. The minimum Gasteiger partial charge on any atom is -0.467 e. The Morgan fingerprint density at radius 1 is 1.20 bits per heavy atom. The highest BCUT2D eigenvalue weighted by atomic mass is 32.1. The molecule has 0 aliphatic carbocycles. The molecule has 1 amide bonds. The fraction of sp³-hybridized carbons (Fsp3) is 0.190. The molecule has 3 aromatic heterocycles. The van der Waals surface area contributed by atoms with Crippen molar-refractivity contribution in [3.63, 3.8) is 0 Å². The first-order valence-electron chi connectivity index (χ1n) is 9.48. The molecular weight excluding hydrogens is 400 g/mol. The summed E-state index contributed by atoms with van der Waals surface area (Å²) in [7, 11) is 0. The maximum Gasteiger partial charge on any atom is 0.267 e. The molecule has 5 rings (SSSR count). The highest BCUT2D eigenvalue weighted by Crippen LogP contribution is 2.33. The van der Waals surface area contributed by atoms with E-state index in [1.807, 2.05) is 60.1 Å². The van der Waals surface area contributed by atoms with Crippen LogP contribution in [0.5, 0.6) is 0 Å². The summed E-state index contributed by atoms with van der Waals surface area (Å²) in [5.74, 6) is 0.962. The van der Waals surface area contributed by atoms with Crippen LogP contribution in [0.15, 0.2) is 69.0 Å². The van der Waals surface area contributed by atoms with Crippen molar-refractivity contribution >= 4 is 23.0 Å². The van der Waals surface area contributed by atoms with Gasteiger partial charge in [0.2, 0.25) is 5.82 Å². The minimum atomic E-state index is -0.302. The van der Waals surface area contributed by atoms with Gasteiger partial charge < -0.3 is 4.42 Å². The van der Waals surface area contributed by atoms with Crippen molar-refractivity contribution in [3.8, 4) is 11.4 Å². The zero-order valence-corrected chi connectivity index (χ0v) is 17.0. The molecule has 4 heterocycles. The van der Waals surface area contributed by atoms with Crippen LogP contribution in [-0.4, -0.2) is 36.8 Å². The van der Waals surface area contributed by atoms with Gasteiger partial charge in [0.25, 0.3) is 5.91 Å². The largest absolute Gasteiger partial charge is 0.467 e. The molecule has 0 saturated carbocycles. The Labute approximate surface area is 176 Å². The maximum absolute atomic E-state index is 13.1. The molecule has 4 aromatic rings. The number of aryl methyl sites for hydroxylation is 1. The van der Waals surface area contributed by atoms with Crippen LogP contribution in [-0.2, 0) is 11.3 Å². The summed E-state index contributed by atoms with van der Waals surface area (Å²) < 4.78 is 5.59. The monoisotopic (exact) mass is 418 g/mol. The summed E-state index contributed by atoms with van der Waals surface area (Å²) in [5.41, 5.74) is 3.89. The number of hydrazone groups is 1. The number of hydrogen-bond acceptors (Lipinski definition) is 7. The van der Waals surface area contributed by atoms with Crippen LogP contribution >= 0.6 is 11.3 Å². The van der Waals surface area contributed by atoms with Gasteiger partial charge in [0.1, 0.15) is 18.3 Å². The number of furan rings is 1. The van der Waals surface area contributed by atoms with E-state index in [-0.39, 0.29) is 18.5 Å². The Morgan fingerprint density at radius 3 is 2.80 bits per heavy atom. The number of tetrazole rings is 1. The van der Waals surface area contributed by atoms with Crippen LogP contribution in [0, 0.1) is 6.92 Å². The lowest BCUT2D eigenvalue weighted by atomic mass is 10.0. The first kappa shape index (κ1) is 18.4. The van der Waals surface area contributed by atoms with Crippen molar-refractivity contribution in [1.82, 2.24) is 25.2 Å². The van der Waals surface area contributed by atoms with Crippen molar-refractivity contribution in [1.29, 1.82) is 0 Å². The molecule has 9 heteroatoms. The van der Waals surface area contributed by atoms with Crippen LogP contribution < -0.4 is 0 Å². The van der Waals surface area contributed by atoms with Gasteiger partial charge in [-0.15, -0.1) is 10.2 Å². The van der Waals surface area contributed by atoms with Gasteiger partial charge in [-0.2, -0.15) is 21.2 Å². The highest BCUT2D eigenvalue weighted by Gasteiger charge is 2.35. The van der Waals surface area contributed by atoms with Gasteiger partial charge in [-0.3, -0.25) is 4.79 Å². The van der Waals surface area contributed by atoms with Gasteiger partial charge in [0, 0.05) is 17.4 Å². The smallest absolute Gasteiger partial charge is 0.267 e. The number of carbonyl (C=O) groups is 1. The second-order valence-corrected chi connectivity index (χ2v) is 7.82. The summed E-state index contributed by atoms with van der Waals surface area (Å²) in [4.78, 5) is 14.4. The molecule has 8 nitrogen and oxygen atoms in total. The standard InChI is InChI=1S/C21H18N6O2S/c1-14-4-6-15(7-5-14)17-11-18(19-3-2-9-29-19)27(23-17)20(28)12-26-24-21(22-25-26)16-8-10-30-13-16/h2-10,13,18H,11-12H2,1H3. The summed E-state index contributed by atoms with van der Waals surface area (Å²) in [5, 5.41) is 22.4. The molecule has 30 heavy (non-hydrogen) atoms. The minimum absolute atomic E-state index is 0.0565. The van der Waals surface area contributed by atoms with E-state index in [1.54, 1.807) is 17.6 Å². The van der Waals surface area contributed by atoms with Crippen LogP contribution in [0.4, 0.5) is 0 Å². The second kappa shape index (κ2) is 7.68. The van der Waals surface area contributed by atoms with Gasteiger partial charge in [-0.1, -0.05) is 29.8 Å². The van der Waals surface area contributed by atoms with Gasteiger partial charge in [0.05, 0.1) is 12.0 Å². The van der Waals surface area contributed by atoms with Crippen LogP contribution in [0.2, 0.25) is 0 Å². The fourth-order valence-corrected chi connectivity index (χ4v) is 4.01. The molecule has 0 spiro atoms. The van der Waals surface area contributed by atoms with E-state index in [2.05, 4.69) is 20.5 Å². The van der Waals surface area contributed by atoms with E-state index in [1.165, 1.54) is 15.4 Å². The molecule has 0 saturated heterocycles. The maximum atomic E-state index is 13.1. The lowest BCUT2D eigenvalue weighted by molar-refractivity contribution is -0.134. The average molecular weight is 418 g/mol. The predicted octanol–water partition coefficient (Wildman–Crippen LogP) is 3.68. The molecule has 150 valence electrons. The third-order valence-electron chi connectivity index (χ3n) is 4.93. The summed E-state index contributed by atoms with van der Waals surface area (Å²) in [6.45, 7) is 1.98. The summed E-state index contributed by atoms with van der Waals surface area (Å²) >= 11 is 1.56. The fourth-order valence-electron chi connectivity index (χ4n) is 3.37. The number of thiophene rings is 1. The van der Waals surface area contributed by atoms with Crippen LogP contribution in [0.3, 0.4) is 0 Å². The van der Waals surface area contributed by atoms with Gasteiger partial charge >= 0.3 is 0 Å². The molecule has 1 aliphatic heterocycles. The van der Waals surface area contributed by atoms with Gasteiger partial charge in [-0.25, -0.2) is 5.01 Å². The van der Waals surface area contributed by atoms with E-state index in [0.717, 1.165) is 16.8 Å². The predicted molar refractivity (Wildman–Crippen MR) is 112 cm³/mol. The van der Waals surface area contributed by atoms with Crippen molar-refractivity contribution < 1.29 is 9.21 Å². The number of aromatic nitrogens is 4. The van der Waals surface area contributed by atoms with E-state index < -0.39 is 0 Å². The Hall–Kier alpha value is -3.59. The topological polar surface area (TPSA) is 89.4 Å². The van der Waals surface area contributed by atoms with E-state index in [9.17, 15) is 4.79 Å². The summed E-state index contributed by atoms with van der Waals surface area (Å²) in [6.07, 6.45) is 2.18. The Morgan fingerprint density at radius 2 is 2.07 bits per heavy atom. The highest BCUT2D eigenvalue weighted by molar-refractivity contribution is 7.08. The molecule has 1 atom stereocenters.